The maximum absolute atomic E-state index is 11.7. The van der Waals surface area contributed by atoms with E-state index in [1.807, 2.05) is 0 Å². The SMILES string of the molecule is CCOC(=O)CCC(=O)Nc1ccc(OC)c(S(N)(=O)=O)c1. The summed E-state index contributed by atoms with van der Waals surface area (Å²) in [6.07, 6.45) is -0.132. The highest BCUT2D eigenvalue weighted by Gasteiger charge is 2.16. The Morgan fingerprint density at radius 2 is 1.95 bits per heavy atom. The number of anilines is 1. The normalized spacial score (nSPS) is 10.9. The van der Waals surface area contributed by atoms with E-state index in [4.69, 9.17) is 14.6 Å². The zero-order chi connectivity index (χ0) is 16.8. The van der Waals surface area contributed by atoms with E-state index >= 15 is 0 Å². The number of carbonyl (C=O) groups is 2. The van der Waals surface area contributed by atoms with Crippen molar-refractivity contribution < 1.29 is 27.5 Å². The summed E-state index contributed by atoms with van der Waals surface area (Å²) in [6.45, 7) is 1.92. The lowest BCUT2D eigenvalue weighted by atomic mass is 10.2. The first-order valence-electron chi connectivity index (χ1n) is 6.44. The number of sulfonamides is 1. The molecule has 0 atom stereocenters. The van der Waals surface area contributed by atoms with Gasteiger partial charge in [-0.25, -0.2) is 13.6 Å². The van der Waals surface area contributed by atoms with Crippen molar-refractivity contribution in [3.63, 3.8) is 0 Å². The number of primary sulfonamides is 1. The van der Waals surface area contributed by atoms with Crippen molar-refractivity contribution in [2.45, 2.75) is 24.7 Å². The molecule has 0 radical (unpaired) electrons. The fraction of sp³-hybridized carbons (Fsp3) is 0.385. The van der Waals surface area contributed by atoms with Gasteiger partial charge in [-0.2, -0.15) is 0 Å². The second kappa shape index (κ2) is 7.76. The number of amides is 1. The third kappa shape index (κ3) is 5.34. The molecule has 1 aromatic rings. The third-order valence-corrected chi connectivity index (χ3v) is 3.55. The van der Waals surface area contributed by atoms with E-state index in [9.17, 15) is 18.0 Å². The number of hydrogen-bond acceptors (Lipinski definition) is 6. The van der Waals surface area contributed by atoms with E-state index in [1.54, 1.807) is 6.92 Å². The van der Waals surface area contributed by atoms with Gasteiger partial charge in [0.15, 0.2) is 0 Å². The van der Waals surface area contributed by atoms with Gasteiger partial charge in [0.25, 0.3) is 0 Å². The summed E-state index contributed by atoms with van der Waals surface area (Å²) in [5, 5.41) is 7.56. The predicted octanol–water partition coefficient (Wildman–Crippen LogP) is 0.624. The van der Waals surface area contributed by atoms with Crippen LogP contribution in [0.15, 0.2) is 23.1 Å². The maximum atomic E-state index is 11.7. The van der Waals surface area contributed by atoms with E-state index in [-0.39, 0.29) is 35.8 Å². The monoisotopic (exact) mass is 330 g/mol. The van der Waals surface area contributed by atoms with Crippen LogP contribution in [0.3, 0.4) is 0 Å². The number of nitrogens with one attached hydrogen (secondary N) is 1. The van der Waals surface area contributed by atoms with E-state index in [2.05, 4.69) is 5.32 Å². The van der Waals surface area contributed by atoms with Gasteiger partial charge < -0.3 is 14.8 Å². The van der Waals surface area contributed by atoms with Gasteiger partial charge in [-0.3, -0.25) is 9.59 Å². The minimum Gasteiger partial charge on any atom is -0.495 e. The molecule has 3 N–H and O–H groups in total. The molecule has 0 saturated carbocycles. The number of benzene rings is 1. The molecule has 0 heterocycles. The Labute approximate surface area is 128 Å². The Hall–Kier alpha value is -2.13. The second-order valence-electron chi connectivity index (χ2n) is 4.26. The molecule has 1 amide bonds. The lowest BCUT2D eigenvalue weighted by Gasteiger charge is -2.10. The van der Waals surface area contributed by atoms with Crippen molar-refractivity contribution >= 4 is 27.6 Å². The first-order valence-corrected chi connectivity index (χ1v) is 7.99. The molecule has 1 rings (SSSR count). The van der Waals surface area contributed by atoms with Gasteiger partial charge in [0.1, 0.15) is 10.6 Å². The highest BCUT2D eigenvalue weighted by molar-refractivity contribution is 7.89. The van der Waals surface area contributed by atoms with Gasteiger partial charge in [0.2, 0.25) is 15.9 Å². The van der Waals surface area contributed by atoms with Crippen LogP contribution in [0, 0.1) is 0 Å². The summed E-state index contributed by atoms with van der Waals surface area (Å²) < 4.78 is 32.5. The zero-order valence-corrected chi connectivity index (χ0v) is 13.1. The van der Waals surface area contributed by atoms with Crippen LogP contribution < -0.4 is 15.2 Å². The maximum Gasteiger partial charge on any atom is 0.306 e. The molecule has 22 heavy (non-hydrogen) atoms. The van der Waals surface area contributed by atoms with Crippen LogP contribution in [-0.2, 0) is 24.3 Å². The van der Waals surface area contributed by atoms with Gasteiger partial charge in [0, 0.05) is 12.1 Å². The molecule has 0 bridgehead atoms. The summed E-state index contributed by atoms with van der Waals surface area (Å²) in [5.74, 6) is -0.844. The lowest BCUT2D eigenvalue weighted by Crippen LogP contribution is -2.16. The molecule has 0 fully saturated rings. The number of esters is 1. The van der Waals surface area contributed by atoms with Crippen molar-refractivity contribution in [2.75, 3.05) is 19.0 Å². The Morgan fingerprint density at radius 3 is 2.50 bits per heavy atom. The average molecular weight is 330 g/mol. The Bertz CT molecular complexity index is 656. The highest BCUT2D eigenvalue weighted by atomic mass is 32.2. The number of nitrogens with two attached hydrogens (primary N) is 1. The molecule has 0 saturated heterocycles. The molecule has 0 unspecified atom stereocenters. The number of carbonyl (C=O) groups excluding carboxylic acids is 2. The topological polar surface area (TPSA) is 125 Å². The molecular formula is C13H18N2O6S. The molecule has 1 aromatic carbocycles. The molecule has 122 valence electrons. The van der Waals surface area contributed by atoms with Gasteiger partial charge in [-0.1, -0.05) is 0 Å². The molecule has 0 aliphatic heterocycles. The van der Waals surface area contributed by atoms with Crippen molar-refractivity contribution in [3.05, 3.63) is 18.2 Å². The minimum absolute atomic E-state index is 0.0577. The standard InChI is InChI=1S/C13H18N2O6S/c1-3-21-13(17)7-6-12(16)15-9-4-5-10(20-2)11(8-9)22(14,18)19/h4-5,8H,3,6-7H2,1-2H3,(H,15,16)(H2,14,18,19). The minimum atomic E-state index is -3.99. The zero-order valence-electron chi connectivity index (χ0n) is 12.3. The van der Waals surface area contributed by atoms with Crippen molar-refractivity contribution in [1.82, 2.24) is 0 Å². The fourth-order valence-electron chi connectivity index (χ4n) is 1.65. The lowest BCUT2D eigenvalue weighted by molar-refractivity contribution is -0.144. The smallest absolute Gasteiger partial charge is 0.306 e. The first-order chi connectivity index (χ1) is 10.3. The summed E-state index contributed by atoms with van der Waals surface area (Å²) in [6, 6.07) is 4.03. The van der Waals surface area contributed by atoms with E-state index < -0.39 is 21.9 Å². The van der Waals surface area contributed by atoms with Crippen LogP contribution >= 0.6 is 0 Å². The molecule has 0 aromatic heterocycles. The third-order valence-electron chi connectivity index (χ3n) is 2.62. The fourth-order valence-corrected chi connectivity index (χ4v) is 2.37. The summed E-state index contributed by atoms with van der Waals surface area (Å²) >= 11 is 0. The summed E-state index contributed by atoms with van der Waals surface area (Å²) in [4.78, 5) is 22.6. The molecule has 0 spiro atoms. The molecule has 9 heteroatoms. The second-order valence-corrected chi connectivity index (χ2v) is 5.79. The van der Waals surface area contributed by atoms with Crippen molar-refractivity contribution in [3.8, 4) is 5.75 Å². The summed E-state index contributed by atoms with van der Waals surface area (Å²) in [7, 11) is -2.68. The van der Waals surface area contributed by atoms with E-state index in [1.165, 1.54) is 25.3 Å². The Balaban J connectivity index is 2.78. The van der Waals surface area contributed by atoms with Gasteiger partial charge in [-0.05, 0) is 25.1 Å². The highest BCUT2D eigenvalue weighted by Crippen LogP contribution is 2.26. The van der Waals surface area contributed by atoms with Crippen LogP contribution in [0.2, 0.25) is 0 Å². The van der Waals surface area contributed by atoms with Crippen LogP contribution in [0.25, 0.3) is 0 Å². The summed E-state index contributed by atoms with van der Waals surface area (Å²) in [5.41, 5.74) is 0.235. The Morgan fingerprint density at radius 1 is 1.27 bits per heavy atom. The van der Waals surface area contributed by atoms with E-state index in [0.717, 1.165) is 0 Å². The number of methoxy groups -OCH3 is 1. The molecule has 0 aliphatic carbocycles. The predicted molar refractivity (Wildman–Crippen MR) is 78.9 cm³/mol. The number of hydrogen-bond donors (Lipinski definition) is 2. The van der Waals surface area contributed by atoms with Crippen molar-refractivity contribution in [1.29, 1.82) is 0 Å². The molecule has 8 nitrogen and oxygen atoms in total. The Kier molecular flexibility index (Phi) is 6.32. The van der Waals surface area contributed by atoms with Crippen LogP contribution in [0.1, 0.15) is 19.8 Å². The number of ether oxygens (including phenoxy) is 2. The van der Waals surface area contributed by atoms with Gasteiger partial charge in [-0.15, -0.1) is 0 Å². The van der Waals surface area contributed by atoms with E-state index in [0.29, 0.717) is 0 Å². The number of rotatable bonds is 7. The molecule has 0 aliphatic rings. The quantitative estimate of drug-likeness (QED) is 0.706. The van der Waals surface area contributed by atoms with Crippen LogP contribution in [-0.4, -0.2) is 34.0 Å². The average Bonchev–Trinajstić information content (AvgIpc) is 2.44. The van der Waals surface area contributed by atoms with Crippen molar-refractivity contribution in [2.24, 2.45) is 5.14 Å². The molecular weight excluding hydrogens is 312 g/mol. The van der Waals surface area contributed by atoms with Crippen LogP contribution in [0.5, 0.6) is 5.75 Å². The largest absolute Gasteiger partial charge is 0.495 e. The van der Waals surface area contributed by atoms with Gasteiger partial charge in [0.05, 0.1) is 20.1 Å². The van der Waals surface area contributed by atoms with Gasteiger partial charge >= 0.3 is 5.97 Å². The van der Waals surface area contributed by atoms with Crippen LogP contribution in [0.4, 0.5) is 5.69 Å². The first kappa shape index (κ1) is 17.9.